The standard InChI is InChI=1S/C13H13BrO/c1-9(14)13-11-7-3-2-5-10(11)6-4-8-12(13)15/h2-3,5,7,13H,1,4,6,8H2. The SMILES string of the molecule is C=C(Br)C1C(=O)CCCc2ccccc21. The fourth-order valence-corrected chi connectivity index (χ4v) is 2.66. The molecular weight excluding hydrogens is 252 g/mol. The molecule has 1 aliphatic carbocycles. The predicted molar refractivity (Wildman–Crippen MR) is 65.2 cm³/mol. The van der Waals surface area contributed by atoms with Crippen molar-refractivity contribution in [3.63, 3.8) is 0 Å². The normalized spacial score (nSPS) is 20.6. The summed E-state index contributed by atoms with van der Waals surface area (Å²) in [6.07, 6.45) is 2.61. The third-order valence-corrected chi connectivity index (χ3v) is 3.33. The molecule has 78 valence electrons. The lowest BCUT2D eigenvalue weighted by Crippen LogP contribution is -2.11. The molecule has 2 heteroatoms. The van der Waals surface area contributed by atoms with Crippen LogP contribution in [0.15, 0.2) is 35.3 Å². The number of hydrogen-bond acceptors (Lipinski definition) is 1. The van der Waals surface area contributed by atoms with Crippen molar-refractivity contribution in [1.29, 1.82) is 0 Å². The predicted octanol–water partition coefficient (Wildman–Crippen LogP) is 3.58. The zero-order valence-electron chi connectivity index (χ0n) is 8.50. The Labute approximate surface area is 98.3 Å². The number of aryl methyl sites for hydroxylation is 1. The summed E-state index contributed by atoms with van der Waals surface area (Å²) in [6, 6.07) is 8.16. The van der Waals surface area contributed by atoms with E-state index in [9.17, 15) is 4.79 Å². The number of hydrogen-bond donors (Lipinski definition) is 0. The summed E-state index contributed by atoms with van der Waals surface area (Å²) in [7, 11) is 0. The molecule has 0 saturated heterocycles. The first-order valence-corrected chi connectivity index (χ1v) is 5.94. The molecule has 0 radical (unpaired) electrons. The van der Waals surface area contributed by atoms with Crippen molar-refractivity contribution >= 4 is 21.7 Å². The maximum Gasteiger partial charge on any atom is 0.145 e. The summed E-state index contributed by atoms with van der Waals surface area (Å²) in [4.78, 5) is 11.9. The zero-order valence-corrected chi connectivity index (χ0v) is 10.1. The Hall–Kier alpha value is -0.890. The average molecular weight is 265 g/mol. The lowest BCUT2D eigenvalue weighted by atomic mass is 9.92. The number of benzene rings is 1. The molecule has 1 nitrogen and oxygen atoms in total. The fraction of sp³-hybridized carbons (Fsp3) is 0.308. The first-order valence-electron chi connectivity index (χ1n) is 5.15. The second kappa shape index (κ2) is 4.31. The van der Waals surface area contributed by atoms with Crippen LogP contribution in [0.5, 0.6) is 0 Å². The minimum absolute atomic E-state index is 0.149. The number of ketones is 1. The third kappa shape index (κ3) is 2.05. The Morgan fingerprint density at radius 3 is 2.80 bits per heavy atom. The van der Waals surface area contributed by atoms with E-state index in [1.54, 1.807) is 0 Å². The molecule has 0 fully saturated rings. The second-order valence-corrected chi connectivity index (χ2v) is 4.92. The number of allylic oxidation sites excluding steroid dienone is 1. The molecule has 0 heterocycles. The van der Waals surface area contributed by atoms with Crippen molar-refractivity contribution in [3.05, 3.63) is 46.5 Å². The van der Waals surface area contributed by atoms with Gasteiger partial charge in [-0.2, -0.15) is 0 Å². The van der Waals surface area contributed by atoms with Crippen molar-refractivity contribution < 1.29 is 4.79 Å². The van der Waals surface area contributed by atoms with Crippen LogP contribution in [0.4, 0.5) is 0 Å². The van der Waals surface area contributed by atoms with Crippen LogP contribution in [-0.2, 0) is 11.2 Å². The van der Waals surface area contributed by atoms with E-state index in [2.05, 4.69) is 28.6 Å². The summed E-state index contributed by atoms with van der Waals surface area (Å²) in [5.41, 5.74) is 2.41. The number of rotatable bonds is 1. The fourth-order valence-electron chi connectivity index (χ4n) is 2.16. The van der Waals surface area contributed by atoms with Crippen molar-refractivity contribution in [3.8, 4) is 0 Å². The van der Waals surface area contributed by atoms with Crippen LogP contribution in [-0.4, -0.2) is 5.78 Å². The van der Waals surface area contributed by atoms with Gasteiger partial charge < -0.3 is 0 Å². The molecule has 15 heavy (non-hydrogen) atoms. The lowest BCUT2D eigenvalue weighted by Gasteiger charge is -2.14. The molecule has 1 aromatic carbocycles. The maximum absolute atomic E-state index is 11.9. The van der Waals surface area contributed by atoms with Crippen molar-refractivity contribution in [2.75, 3.05) is 0 Å². The summed E-state index contributed by atoms with van der Waals surface area (Å²) < 4.78 is 0.779. The van der Waals surface area contributed by atoms with Gasteiger partial charge in [-0.15, -0.1) is 0 Å². The van der Waals surface area contributed by atoms with Crippen LogP contribution < -0.4 is 0 Å². The first-order chi connectivity index (χ1) is 7.20. The van der Waals surface area contributed by atoms with Crippen molar-refractivity contribution in [2.24, 2.45) is 0 Å². The smallest absolute Gasteiger partial charge is 0.145 e. The number of Topliss-reactive ketones (excluding diaryl/α,β-unsaturated/α-hetero) is 1. The maximum atomic E-state index is 11.9. The van der Waals surface area contributed by atoms with E-state index in [0.29, 0.717) is 6.42 Å². The summed E-state index contributed by atoms with van der Waals surface area (Å²) in [6.45, 7) is 3.87. The molecule has 0 N–H and O–H groups in total. The minimum atomic E-state index is -0.149. The molecule has 0 aliphatic heterocycles. The number of fused-ring (bicyclic) bond motifs is 1. The highest BCUT2D eigenvalue weighted by atomic mass is 79.9. The Morgan fingerprint density at radius 2 is 2.07 bits per heavy atom. The van der Waals surface area contributed by atoms with Crippen LogP contribution >= 0.6 is 15.9 Å². The van der Waals surface area contributed by atoms with Gasteiger partial charge in [-0.25, -0.2) is 0 Å². The van der Waals surface area contributed by atoms with Crippen LogP contribution in [0.3, 0.4) is 0 Å². The molecule has 2 rings (SSSR count). The molecule has 0 spiro atoms. The Kier molecular flexibility index (Phi) is 3.06. The quantitative estimate of drug-likeness (QED) is 0.709. The van der Waals surface area contributed by atoms with Gasteiger partial charge in [0, 0.05) is 10.9 Å². The van der Waals surface area contributed by atoms with Crippen LogP contribution in [0, 0.1) is 0 Å². The van der Waals surface area contributed by atoms with Gasteiger partial charge in [-0.3, -0.25) is 4.79 Å². The minimum Gasteiger partial charge on any atom is -0.299 e. The summed E-state index contributed by atoms with van der Waals surface area (Å²) in [5.74, 6) is 0.130. The van der Waals surface area contributed by atoms with Gasteiger partial charge >= 0.3 is 0 Å². The van der Waals surface area contributed by atoms with E-state index in [1.165, 1.54) is 5.56 Å². The van der Waals surface area contributed by atoms with Gasteiger partial charge in [0.15, 0.2) is 0 Å². The highest BCUT2D eigenvalue weighted by molar-refractivity contribution is 9.11. The zero-order chi connectivity index (χ0) is 10.8. The molecule has 0 aromatic heterocycles. The van der Waals surface area contributed by atoms with Gasteiger partial charge in [-0.05, 0) is 24.0 Å². The van der Waals surface area contributed by atoms with Crippen LogP contribution in [0.2, 0.25) is 0 Å². The summed E-state index contributed by atoms with van der Waals surface area (Å²) in [5, 5.41) is 0. The first kappa shape index (κ1) is 10.6. The molecule has 1 unspecified atom stereocenters. The van der Waals surface area contributed by atoms with Gasteiger partial charge in [0.1, 0.15) is 5.78 Å². The van der Waals surface area contributed by atoms with Crippen LogP contribution in [0.25, 0.3) is 0 Å². The highest BCUT2D eigenvalue weighted by Crippen LogP contribution is 2.34. The van der Waals surface area contributed by atoms with Gasteiger partial charge in [0.25, 0.3) is 0 Å². The average Bonchev–Trinajstić information content (AvgIpc) is 2.35. The third-order valence-electron chi connectivity index (χ3n) is 2.87. The molecule has 1 aromatic rings. The summed E-state index contributed by atoms with van der Waals surface area (Å²) >= 11 is 3.37. The van der Waals surface area contributed by atoms with E-state index in [4.69, 9.17) is 0 Å². The number of halogens is 1. The molecule has 0 saturated carbocycles. The van der Waals surface area contributed by atoms with Gasteiger partial charge in [0.2, 0.25) is 0 Å². The highest BCUT2D eigenvalue weighted by Gasteiger charge is 2.26. The van der Waals surface area contributed by atoms with Gasteiger partial charge in [0.05, 0.1) is 5.92 Å². The van der Waals surface area contributed by atoms with Crippen molar-refractivity contribution in [1.82, 2.24) is 0 Å². The monoisotopic (exact) mass is 264 g/mol. The Morgan fingerprint density at radius 1 is 1.33 bits per heavy atom. The van der Waals surface area contributed by atoms with E-state index in [-0.39, 0.29) is 11.7 Å². The Bertz CT molecular complexity index is 409. The van der Waals surface area contributed by atoms with Crippen molar-refractivity contribution in [2.45, 2.75) is 25.2 Å². The second-order valence-electron chi connectivity index (χ2n) is 3.90. The van der Waals surface area contributed by atoms with Gasteiger partial charge in [-0.1, -0.05) is 46.8 Å². The number of carbonyl (C=O) groups excluding carboxylic acids is 1. The molecular formula is C13H13BrO. The molecule has 1 atom stereocenters. The molecule has 0 bridgehead atoms. The Balaban J connectivity index is 2.52. The topological polar surface area (TPSA) is 17.1 Å². The largest absolute Gasteiger partial charge is 0.299 e. The lowest BCUT2D eigenvalue weighted by molar-refractivity contribution is -0.119. The molecule has 0 amide bonds. The van der Waals surface area contributed by atoms with E-state index < -0.39 is 0 Å². The van der Waals surface area contributed by atoms with E-state index in [1.807, 2.05) is 18.2 Å². The van der Waals surface area contributed by atoms with E-state index >= 15 is 0 Å². The molecule has 1 aliphatic rings. The van der Waals surface area contributed by atoms with Crippen LogP contribution in [0.1, 0.15) is 29.9 Å². The van der Waals surface area contributed by atoms with E-state index in [0.717, 1.165) is 22.9 Å². The number of carbonyl (C=O) groups is 1.